The van der Waals surface area contributed by atoms with E-state index in [4.69, 9.17) is 9.47 Å². The Kier molecular flexibility index (Phi) is 8.17. The molecule has 1 unspecified atom stereocenters. The van der Waals surface area contributed by atoms with Gasteiger partial charge in [-0.1, -0.05) is 6.08 Å². The lowest BCUT2D eigenvalue weighted by molar-refractivity contribution is -0.164. The normalized spacial score (nSPS) is 18.2. The topological polar surface area (TPSA) is 59.0 Å². The zero-order valence-electron chi connectivity index (χ0n) is 16.3. The molecule has 1 saturated heterocycles. The second-order valence-electron chi connectivity index (χ2n) is 6.62. The number of allylic oxidation sites excluding steroid dienone is 1. The van der Waals surface area contributed by atoms with Gasteiger partial charge in [-0.05, 0) is 50.5 Å². The zero-order chi connectivity index (χ0) is 19.6. The molecule has 150 valence electrons. The first-order valence-corrected chi connectivity index (χ1v) is 10.5. The van der Waals surface area contributed by atoms with Gasteiger partial charge < -0.3 is 14.9 Å². The first kappa shape index (κ1) is 20.7. The minimum Gasteiger partial charge on any atom is -0.353 e. The van der Waals surface area contributed by atoms with Crippen LogP contribution in [0.5, 0.6) is 0 Å². The van der Waals surface area contributed by atoms with E-state index >= 15 is 0 Å². The molecular weight excluding hydrogens is 372 g/mol. The van der Waals surface area contributed by atoms with Crippen molar-refractivity contribution in [1.29, 1.82) is 0 Å². The highest BCUT2D eigenvalue weighted by Gasteiger charge is 2.14. The Labute approximate surface area is 170 Å². The van der Waals surface area contributed by atoms with E-state index in [2.05, 4.69) is 28.0 Å². The molecule has 1 atom stereocenters. The van der Waals surface area contributed by atoms with E-state index in [-0.39, 0.29) is 6.29 Å². The third kappa shape index (κ3) is 6.53. The Morgan fingerprint density at radius 1 is 1.50 bits per heavy atom. The molecule has 0 bridgehead atoms. The van der Waals surface area contributed by atoms with Gasteiger partial charge in [-0.15, -0.1) is 17.9 Å². The van der Waals surface area contributed by atoms with E-state index in [0.29, 0.717) is 6.61 Å². The maximum atomic E-state index is 5.80. The summed E-state index contributed by atoms with van der Waals surface area (Å²) in [5, 5.41) is 2.04. The molecule has 0 spiro atoms. The predicted molar refractivity (Wildman–Crippen MR) is 116 cm³/mol. The highest BCUT2D eigenvalue weighted by atomic mass is 32.1. The SMILES string of the molecule is C=CCN(CCOC1CCCCO1)NC=CC(C)=Nc1ccc2scnc2c1. The lowest BCUT2D eigenvalue weighted by Crippen LogP contribution is -2.38. The Hall–Kier alpha value is -2.06. The third-order valence-electron chi connectivity index (χ3n) is 4.35. The Morgan fingerprint density at radius 3 is 3.25 bits per heavy atom. The average Bonchev–Trinajstić information content (AvgIpc) is 3.16. The summed E-state index contributed by atoms with van der Waals surface area (Å²) >= 11 is 1.64. The fourth-order valence-corrected chi connectivity index (χ4v) is 3.58. The van der Waals surface area contributed by atoms with Crippen molar-refractivity contribution in [3.8, 4) is 0 Å². The summed E-state index contributed by atoms with van der Waals surface area (Å²) in [5.41, 5.74) is 7.93. The van der Waals surface area contributed by atoms with Gasteiger partial charge in [0.1, 0.15) is 0 Å². The number of ether oxygens (including phenoxy) is 2. The number of hydrogen-bond acceptors (Lipinski definition) is 7. The molecule has 7 heteroatoms. The van der Waals surface area contributed by atoms with Crippen molar-refractivity contribution in [2.75, 3.05) is 26.3 Å². The Morgan fingerprint density at radius 2 is 2.43 bits per heavy atom. The molecule has 0 saturated carbocycles. The van der Waals surface area contributed by atoms with Crippen LogP contribution in [0.4, 0.5) is 5.69 Å². The minimum absolute atomic E-state index is 0.0562. The fraction of sp³-hybridized carbons (Fsp3) is 0.429. The van der Waals surface area contributed by atoms with Crippen LogP contribution in [-0.2, 0) is 9.47 Å². The zero-order valence-corrected chi connectivity index (χ0v) is 17.2. The van der Waals surface area contributed by atoms with Crippen molar-refractivity contribution in [3.63, 3.8) is 0 Å². The van der Waals surface area contributed by atoms with Crippen LogP contribution < -0.4 is 5.43 Å². The van der Waals surface area contributed by atoms with Gasteiger partial charge in [0.15, 0.2) is 6.29 Å². The maximum absolute atomic E-state index is 5.80. The maximum Gasteiger partial charge on any atom is 0.157 e. The molecule has 1 fully saturated rings. The lowest BCUT2D eigenvalue weighted by atomic mass is 10.2. The van der Waals surface area contributed by atoms with Crippen molar-refractivity contribution in [3.05, 3.63) is 48.6 Å². The van der Waals surface area contributed by atoms with Crippen LogP contribution in [0.2, 0.25) is 0 Å². The van der Waals surface area contributed by atoms with Gasteiger partial charge in [0.25, 0.3) is 0 Å². The molecular formula is C21H28N4O2S. The Bertz CT molecular complexity index is 812. The number of aromatic nitrogens is 1. The summed E-state index contributed by atoms with van der Waals surface area (Å²) in [7, 11) is 0. The molecule has 1 aliphatic rings. The largest absolute Gasteiger partial charge is 0.353 e. The van der Waals surface area contributed by atoms with Crippen LogP contribution in [0.25, 0.3) is 10.2 Å². The van der Waals surface area contributed by atoms with Gasteiger partial charge in [0.2, 0.25) is 0 Å². The van der Waals surface area contributed by atoms with Crippen LogP contribution in [0, 0.1) is 0 Å². The number of nitrogens with zero attached hydrogens (tertiary/aromatic N) is 3. The number of benzene rings is 1. The van der Waals surface area contributed by atoms with Gasteiger partial charge in [-0.2, -0.15) is 0 Å². The molecule has 1 aromatic heterocycles. The van der Waals surface area contributed by atoms with Crippen LogP contribution >= 0.6 is 11.3 Å². The highest BCUT2D eigenvalue weighted by Crippen LogP contribution is 2.23. The van der Waals surface area contributed by atoms with Gasteiger partial charge in [0.05, 0.1) is 28.0 Å². The summed E-state index contributed by atoms with van der Waals surface area (Å²) in [6.07, 6.45) is 8.94. The molecule has 2 aromatic rings. The summed E-state index contributed by atoms with van der Waals surface area (Å²) in [4.78, 5) is 8.97. The van der Waals surface area contributed by atoms with Crippen molar-refractivity contribution in [1.82, 2.24) is 15.4 Å². The monoisotopic (exact) mass is 400 g/mol. The summed E-state index contributed by atoms with van der Waals surface area (Å²) in [6.45, 7) is 8.67. The second-order valence-corrected chi connectivity index (χ2v) is 7.51. The molecule has 0 radical (unpaired) electrons. The highest BCUT2D eigenvalue weighted by molar-refractivity contribution is 7.16. The predicted octanol–water partition coefficient (Wildman–Crippen LogP) is 4.44. The van der Waals surface area contributed by atoms with E-state index in [0.717, 1.165) is 49.5 Å². The Balaban J connectivity index is 1.47. The standard InChI is InChI=1S/C21H28N4O2S/c1-3-11-25(12-14-27-21-6-4-5-13-26-21)23-10-9-17(2)24-18-7-8-20-19(15-18)22-16-28-20/h3,7-10,15-16,21,23H,1,4-6,11-14H2,2H3. The number of thiazole rings is 1. The molecule has 0 amide bonds. The van der Waals surface area contributed by atoms with Crippen LogP contribution in [-0.4, -0.2) is 48.3 Å². The fourth-order valence-electron chi connectivity index (χ4n) is 2.92. The lowest BCUT2D eigenvalue weighted by Gasteiger charge is -2.25. The van der Waals surface area contributed by atoms with Gasteiger partial charge in [-0.25, -0.2) is 9.99 Å². The molecule has 1 N–H and O–H groups in total. The van der Waals surface area contributed by atoms with Gasteiger partial charge >= 0.3 is 0 Å². The molecule has 3 rings (SSSR count). The second kappa shape index (κ2) is 11.1. The molecule has 28 heavy (non-hydrogen) atoms. The van der Waals surface area contributed by atoms with Crippen LogP contribution in [0.3, 0.4) is 0 Å². The quantitative estimate of drug-likeness (QED) is 0.363. The first-order valence-electron chi connectivity index (χ1n) is 9.65. The molecule has 1 aromatic carbocycles. The number of hydrogen-bond donors (Lipinski definition) is 1. The van der Waals surface area contributed by atoms with E-state index in [1.54, 1.807) is 11.3 Å². The molecule has 0 aliphatic carbocycles. The van der Waals surface area contributed by atoms with E-state index < -0.39 is 0 Å². The van der Waals surface area contributed by atoms with Crippen molar-refractivity contribution in [2.24, 2.45) is 4.99 Å². The average molecular weight is 401 g/mol. The van der Waals surface area contributed by atoms with Crippen molar-refractivity contribution >= 4 is 33.0 Å². The number of nitrogens with one attached hydrogen (secondary N) is 1. The van der Waals surface area contributed by atoms with Gasteiger partial charge in [-0.3, -0.25) is 4.99 Å². The summed E-state index contributed by atoms with van der Waals surface area (Å²) in [5.74, 6) is 0. The van der Waals surface area contributed by atoms with Crippen LogP contribution in [0.1, 0.15) is 26.2 Å². The van der Waals surface area contributed by atoms with E-state index in [1.807, 2.05) is 47.9 Å². The van der Waals surface area contributed by atoms with Crippen molar-refractivity contribution in [2.45, 2.75) is 32.5 Å². The summed E-state index contributed by atoms with van der Waals surface area (Å²) < 4.78 is 12.6. The van der Waals surface area contributed by atoms with E-state index in [9.17, 15) is 0 Å². The number of fused-ring (bicyclic) bond motifs is 1. The summed E-state index contributed by atoms with van der Waals surface area (Å²) in [6, 6.07) is 6.08. The first-order chi connectivity index (χ1) is 13.7. The van der Waals surface area contributed by atoms with Crippen LogP contribution in [0.15, 0.2) is 53.6 Å². The van der Waals surface area contributed by atoms with E-state index in [1.165, 1.54) is 11.1 Å². The molecule has 6 nitrogen and oxygen atoms in total. The number of hydrazine groups is 1. The third-order valence-corrected chi connectivity index (χ3v) is 5.16. The minimum atomic E-state index is -0.0562. The number of rotatable bonds is 10. The molecule has 1 aliphatic heterocycles. The van der Waals surface area contributed by atoms with Gasteiger partial charge in [0, 0.05) is 31.6 Å². The number of aliphatic imine (C=N–C) groups is 1. The van der Waals surface area contributed by atoms with Crippen molar-refractivity contribution < 1.29 is 9.47 Å². The molecule has 2 heterocycles. The smallest absolute Gasteiger partial charge is 0.157 e.